The van der Waals surface area contributed by atoms with Crippen molar-refractivity contribution in [1.82, 2.24) is 35.1 Å². The molecule has 3 heterocycles. The molecule has 1 saturated heterocycles. The van der Waals surface area contributed by atoms with Crippen molar-refractivity contribution in [3.05, 3.63) is 24.3 Å². The molecule has 1 aliphatic rings. The van der Waals surface area contributed by atoms with Crippen molar-refractivity contribution in [2.75, 3.05) is 31.1 Å². The van der Waals surface area contributed by atoms with Gasteiger partial charge in [0.25, 0.3) is 0 Å². The number of hydrogen-bond acceptors (Lipinski definition) is 7. The number of rotatable bonds is 4. The zero-order chi connectivity index (χ0) is 15.4. The van der Waals surface area contributed by atoms with E-state index in [0.717, 1.165) is 18.9 Å². The molecular formula is C13H18N8O. The summed E-state index contributed by atoms with van der Waals surface area (Å²) in [7, 11) is 0. The molecule has 0 aromatic carbocycles. The van der Waals surface area contributed by atoms with Crippen LogP contribution >= 0.6 is 0 Å². The number of carbonyl (C=O) groups excluding carboxylic acids is 1. The first kappa shape index (κ1) is 14.4. The van der Waals surface area contributed by atoms with E-state index in [2.05, 4.69) is 30.4 Å². The van der Waals surface area contributed by atoms with Gasteiger partial charge in [-0.05, 0) is 16.5 Å². The van der Waals surface area contributed by atoms with Gasteiger partial charge in [0, 0.05) is 45.0 Å². The Bertz CT molecular complexity index is 620. The molecule has 1 amide bonds. The van der Waals surface area contributed by atoms with Gasteiger partial charge in [-0.15, -0.1) is 5.10 Å². The number of piperazine rings is 1. The Hall–Kier alpha value is -2.58. The molecule has 116 valence electrons. The topological polar surface area (TPSA) is 92.9 Å². The number of amides is 1. The van der Waals surface area contributed by atoms with E-state index in [0.29, 0.717) is 25.5 Å². The van der Waals surface area contributed by atoms with Crippen LogP contribution in [-0.4, -0.2) is 67.2 Å². The quantitative estimate of drug-likeness (QED) is 0.742. The minimum absolute atomic E-state index is 0.0376. The van der Waals surface area contributed by atoms with Gasteiger partial charge in [0.05, 0.1) is 0 Å². The van der Waals surface area contributed by atoms with E-state index in [1.165, 1.54) is 0 Å². The summed E-state index contributed by atoms with van der Waals surface area (Å²) in [5.74, 6) is 1.48. The highest BCUT2D eigenvalue weighted by atomic mass is 16.2. The molecule has 1 aliphatic heterocycles. The summed E-state index contributed by atoms with van der Waals surface area (Å²) in [4.78, 5) is 24.7. The van der Waals surface area contributed by atoms with Crippen molar-refractivity contribution < 1.29 is 4.79 Å². The number of nitrogens with zero attached hydrogens (tertiary/aromatic N) is 8. The molecule has 0 saturated carbocycles. The lowest BCUT2D eigenvalue weighted by molar-refractivity contribution is -0.132. The number of anilines is 1. The van der Waals surface area contributed by atoms with Crippen LogP contribution in [-0.2, 0) is 17.8 Å². The molecule has 0 bridgehead atoms. The lowest BCUT2D eigenvalue weighted by atomic mass is 10.3. The predicted molar refractivity (Wildman–Crippen MR) is 78.0 cm³/mol. The van der Waals surface area contributed by atoms with E-state index in [1.807, 2.05) is 11.8 Å². The highest BCUT2D eigenvalue weighted by Crippen LogP contribution is 2.10. The second-order valence-electron chi connectivity index (χ2n) is 5.02. The van der Waals surface area contributed by atoms with Gasteiger partial charge in [-0.2, -0.15) is 0 Å². The van der Waals surface area contributed by atoms with Gasteiger partial charge in [-0.3, -0.25) is 4.79 Å². The van der Waals surface area contributed by atoms with Crippen molar-refractivity contribution in [3.8, 4) is 0 Å². The molecule has 0 atom stereocenters. The second-order valence-corrected chi connectivity index (χ2v) is 5.02. The highest BCUT2D eigenvalue weighted by molar-refractivity contribution is 5.76. The SMILES string of the molecule is CCc1nnnn1CC(=O)N1CCN(c2ncccn2)CC1. The molecule has 0 radical (unpaired) electrons. The summed E-state index contributed by atoms with van der Waals surface area (Å²) in [6.07, 6.45) is 4.16. The zero-order valence-electron chi connectivity index (χ0n) is 12.5. The molecule has 1 fully saturated rings. The van der Waals surface area contributed by atoms with Gasteiger partial charge in [-0.25, -0.2) is 14.6 Å². The van der Waals surface area contributed by atoms with Crippen LogP contribution in [0.15, 0.2) is 18.5 Å². The Morgan fingerprint density at radius 1 is 1.18 bits per heavy atom. The fourth-order valence-corrected chi connectivity index (χ4v) is 2.44. The summed E-state index contributed by atoms with van der Waals surface area (Å²) < 4.78 is 1.56. The largest absolute Gasteiger partial charge is 0.338 e. The van der Waals surface area contributed by atoms with E-state index in [1.54, 1.807) is 23.1 Å². The first-order valence-corrected chi connectivity index (χ1v) is 7.32. The van der Waals surface area contributed by atoms with Crippen molar-refractivity contribution in [2.45, 2.75) is 19.9 Å². The Morgan fingerprint density at radius 2 is 1.91 bits per heavy atom. The molecule has 0 spiro atoms. The molecule has 0 N–H and O–H groups in total. The molecule has 2 aromatic heterocycles. The molecule has 9 nitrogen and oxygen atoms in total. The number of hydrogen-bond donors (Lipinski definition) is 0. The maximum absolute atomic E-state index is 12.3. The Morgan fingerprint density at radius 3 is 2.59 bits per heavy atom. The van der Waals surface area contributed by atoms with Gasteiger partial charge in [0.15, 0.2) is 5.82 Å². The molecule has 0 aliphatic carbocycles. The molecule has 9 heteroatoms. The second kappa shape index (κ2) is 6.46. The number of aromatic nitrogens is 6. The Kier molecular flexibility index (Phi) is 4.22. The van der Waals surface area contributed by atoms with Crippen LogP contribution in [0.3, 0.4) is 0 Å². The van der Waals surface area contributed by atoms with Crippen LogP contribution in [0.2, 0.25) is 0 Å². The molecule has 3 rings (SSSR count). The standard InChI is InChI=1S/C13H18N8O/c1-2-11-16-17-18-21(11)10-12(22)19-6-8-20(9-7-19)13-14-4-3-5-15-13/h3-5H,2,6-10H2,1H3. The van der Waals surface area contributed by atoms with Crippen molar-refractivity contribution in [2.24, 2.45) is 0 Å². The minimum atomic E-state index is 0.0376. The summed E-state index contributed by atoms with van der Waals surface area (Å²) in [5, 5.41) is 11.4. The monoisotopic (exact) mass is 302 g/mol. The fraction of sp³-hybridized carbons (Fsp3) is 0.538. The van der Waals surface area contributed by atoms with Crippen LogP contribution in [0.25, 0.3) is 0 Å². The summed E-state index contributed by atoms with van der Waals surface area (Å²) >= 11 is 0. The van der Waals surface area contributed by atoms with Crippen molar-refractivity contribution in [1.29, 1.82) is 0 Å². The fourth-order valence-electron chi connectivity index (χ4n) is 2.44. The molecule has 2 aromatic rings. The third-order valence-corrected chi connectivity index (χ3v) is 3.67. The van der Waals surface area contributed by atoms with Gasteiger partial charge >= 0.3 is 0 Å². The van der Waals surface area contributed by atoms with Gasteiger partial charge in [0.2, 0.25) is 11.9 Å². The van der Waals surface area contributed by atoms with Crippen molar-refractivity contribution in [3.63, 3.8) is 0 Å². The lowest BCUT2D eigenvalue weighted by Crippen LogP contribution is -2.50. The predicted octanol–water partition coefficient (Wildman–Crippen LogP) is -0.626. The lowest BCUT2D eigenvalue weighted by Gasteiger charge is -2.34. The van der Waals surface area contributed by atoms with Crippen LogP contribution in [0.5, 0.6) is 0 Å². The summed E-state index contributed by atoms with van der Waals surface area (Å²) in [6.45, 7) is 4.92. The van der Waals surface area contributed by atoms with E-state index in [9.17, 15) is 4.79 Å². The maximum atomic E-state index is 12.3. The number of tetrazole rings is 1. The summed E-state index contributed by atoms with van der Waals surface area (Å²) in [6, 6.07) is 1.79. The maximum Gasteiger partial charge on any atom is 0.244 e. The third-order valence-electron chi connectivity index (χ3n) is 3.67. The molecule has 0 unspecified atom stereocenters. The zero-order valence-corrected chi connectivity index (χ0v) is 12.5. The Balaban J connectivity index is 1.56. The minimum Gasteiger partial charge on any atom is -0.338 e. The first-order chi connectivity index (χ1) is 10.8. The third kappa shape index (κ3) is 3.02. The summed E-state index contributed by atoms with van der Waals surface area (Å²) in [5.41, 5.74) is 0. The van der Waals surface area contributed by atoms with Crippen molar-refractivity contribution >= 4 is 11.9 Å². The van der Waals surface area contributed by atoms with Crippen LogP contribution in [0.4, 0.5) is 5.95 Å². The van der Waals surface area contributed by atoms with Crippen LogP contribution in [0.1, 0.15) is 12.7 Å². The van der Waals surface area contributed by atoms with E-state index in [-0.39, 0.29) is 12.5 Å². The van der Waals surface area contributed by atoms with E-state index in [4.69, 9.17) is 0 Å². The average molecular weight is 302 g/mol. The first-order valence-electron chi connectivity index (χ1n) is 7.32. The van der Waals surface area contributed by atoms with Gasteiger partial charge < -0.3 is 9.80 Å². The molecular weight excluding hydrogens is 284 g/mol. The van der Waals surface area contributed by atoms with Gasteiger partial charge in [0.1, 0.15) is 6.54 Å². The van der Waals surface area contributed by atoms with Gasteiger partial charge in [-0.1, -0.05) is 6.92 Å². The van der Waals surface area contributed by atoms with E-state index < -0.39 is 0 Å². The average Bonchev–Trinajstić information content (AvgIpc) is 3.03. The molecule has 22 heavy (non-hydrogen) atoms. The number of aryl methyl sites for hydroxylation is 1. The Labute approximate surface area is 128 Å². The normalized spacial score (nSPS) is 15.1. The number of carbonyl (C=O) groups is 1. The highest BCUT2D eigenvalue weighted by Gasteiger charge is 2.23. The smallest absolute Gasteiger partial charge is 0.244 e. The van der Waals surface area contributed by atoms with Crippen LogP contribution < -0.4 is 4.90 Å². The van der Waals surface area contributed by atoms with E-state index >= 15 is 0 Å². The van der Waals surface area contributed by atoms with Crippen LogP contribution in [0, 0.1) is 0 Å².